The van der Waals surface area contributed by atoms with Crippen molar-refractivity contribution in [3.8, 4) is 11.4 Å². The van der Waals surface area contributed by atoms with Gasteiger partial charge in [-0.2, -0.15) is 13.2 Å². The Kier molecular flexibility index (Phi) is 3.75. The molecular weight excluding hydrogens is 281 g/mol. The Hall–Kier alpha value is -1.63. The van der Waals surface area contributed by atoms with Gasteiger partial charge in [-0.15, -0.1) is 5.10 Å². The molecule has 0 saturated carbocycles. The lowest BCUT2D eigenvalue weighted by Gasteiger charge is -2.09. The van der Waals surface area contributed by atoms with Gasteiger partial charge in [0.2, 0.25) is 0 Å². The number of hydrogen-bond acceptors (Lipinski definition) is 3. The Morgan fingerprint density at radius 3 is 2.68 bits per heavy atom. The number of aryl methyl sites for hydroxylation is 1. The quantitative estimate of drug-likeness (QED) is 0.814. The van der Waals surface area contributed by atoms with Crippen molar-refractivity contribution in [1.29, 1.82) is 0 Å². The van der Waals surface area contributed by atoms with Gasteiger partial charge in [-0.3, -0.25) is 0 Å². The second-order valence-electron chi connectivity index (χ2n) is 3.90. The molecule has 2 aromatic heterocycles. The van der Waals surface area contributed by atoms with Crippen LogP contribution in [-0.4, -0.2) is 20.0 Å². The highest BCUT2D eigenvalue weighted by atomic mass is 35.5. The topological polar surface area (TPSA) is 43.6 Å². The fourth-order valence-corrected chi connectivity index (χ4v) is 1.83. The number of pyridine rings is 1. The molecule has 0 aliphatic rings. The highest BCUT2D eigenvalue weighted by Crippen LogP contribution is 2.33. The lowest BCUT2D eigenvalue weighted by atomic mass is 10.2. The van der Waals surface area contributed by atoms with Crippen LogP contribution < -0.4 is 0 Å². The molecule has 0 unspecified atom stereocenters. The van der Waals surface area contributed by atoms with E-state index < -0.39 is 11.7 Å². The van der Waals surface area contributed by atoms with E-state index in [1.807, 2.05) is 6.92 Å². The second kappa shape index (κ2) is 5.16. The minimum atomic E-state index is -4.47. The highest BCUT2D eigenvalue weighted by Gasteiger charge is 2.32. The number of nitrogens with zero attached hydrogens (tertiary/aromatic N) is 4. The normalized spacial score (nSPS) is 11.8. The van der Waals surface area contributed by atoms with E-state index in [9.17, 15) is 13.2 Å². The first-order valence-electron chi connectivity index (χ1n) is 5.55. The molecular formula is C11H10ClF3N4. The summed E-state index contributed by atoms with van der Waals surface area (Å²) in [5.41, 5.74) is -0.320. The van der Waals surface area contributed by atoms with Crippen molar-refractivity contribution in [2.24, 2.45) is 0 Å². The van der Waals surface area contributed by atoms with Gasteiger partial charge in [0.05, 0.1) is 17.5 Å². The maximum absolute atomic E-state index is 12.7. The van der Waals surface area contributed by atoms with Crippen LogP contribution in [0.25, 0.3) is 11.4 Å². The largest absolute Gasteiger partial charge is 0.416 e. The first kappa shape index (κ1) is 13.8. The zero-order valence-electron chi connectivity index (χ0n) is 9.95. The molecule has 0 radical (unpaired) electrons. The Morgan fingerprint density at radius 2 is 2.05 bits per heavy atom. The average Bonchev–Trinajstić information content (AvgIpc) is 2.76. The lowest BCUT2D eigenvalue weighted by Crippen LogP contribution is -2.07. The molecule has 0 saturated heterocycles. The van der Waals surface area contributed by atoms with Crippen LogP contribution in [0.4, 0.5) is 13.2 Å². The molecule has 19 heavy (non-hydrogen) atoms. The van der Waals surface area contributed by atoms with Crippen molar-refractivity contribution >= 4 is 11.6 Å². The van der Waals surface area contributed by atoms with Gasteiger partial charge >= 0.3 is 6.18 Å². The fourth-order valence-electron chi connectivity index (χ4n) is 1.62. The number of hydrogen-bond donors (Lipinski definition) is 0. The summed E-state index contributed by atoms with van der Waals surface area (Å²) < 4.78 is 39.6. The van der Waals surface area contributed by atoms with Crippen LogP contribution in [0.5, 0.6) is 0 Å². The highest BCUT2D eigenvalue weighted by molar-refractivity contribution is 6.29. The molecule has 0 amide bonds. The van der Waals surface area contributed by atoms with Crippen molar-refractivity contribution < 1.29 is 13.2 Å². The van der Waals surface area contributed by atoms with Crippen molar-refractivity contribution in [3.05, 3.63) is 29.0 Å². The minimum Gasteiger partial charge on any atom is -0.243 e. The zero-order valence-corrected chi connectivity index (χ0v) is 10.7. The molecule has 2 heterocycles. The summed E-state index contributed by atoms with van der Waals surface area (Å²) in [5, 5.41) is 7.28. The van der Waals surface area contributed by atoms with Crippen molar-refractivity contribution in [2.75, 3.05) is 0 Å². The predicted octanol–water partition coefficient (Wildman–Crippen LogP) is 3.42. The summed E-state index contributed by atoms with van der Waals surface area (Å²) in [7, 11) is 0. The molecule has 0 fully saturated rings. The van der Waals surface area contributed by atoms with Crippen LogP contribution in [0, 0.1) is 0 Å². The molecule has 0 aromatic carbocycles. The first-order chi connectivity index (χ1) is 8.91. The van der Waals surface area contributed by atoms with Crippen LogP contribution in [0.3, 0.4) is 0 Å². The third-order valence-corrected chi connectivity index (χ3v) is 2.63. The molecule has 0 aliphatic carbocycles. The summed E-state index contributed by atoms with van der Waals surface area (Å²) in [6, 6.07) is 1.73. The van der Waals surface area contributed by atoms with Crippen LogP contribution in [0.15, 0.2) is 18.3 Å². The molecule has 102 valence electrons. The monoisotopic (exact) mass is 290 g/mol. The van der Waals surface area contributed by atoms with E-state index >= 15 is 0 Å². The first-order valence-corrected chi connectivity index (χ1v) is 5.93. The summed E-state index contributed by atoms with van der Waals surface area (Å²) in [5.74, 6) is 0. The Morgan fingerprint density at radius 1 is 1.32 bits per heavy atom. The van der Waals surface area contributed by atoms with E-state index in [1.54, 1.807) is 0 Å². The Balaban J connectivity index is 2.50. The van der Waals surface area contributed by atoms with E-state index in [2.05, 4.69) is 15.3 Å². The number of aromatic nitrogens is 4. The Labute approximate surface area is 112 Å². The molecule has 0 bridgehead atoms. The lowest BCUT2D eigenvalue weighted by molar-refractivity contribution is -0.137. The second-order valence-corrected chi connectivity index (χ2v) is 4.29. The van der Waals surface area contributed by atoms with Crippen LogP contribution >= 0.6 is 11.6 Å². The smallest absolute Gasteiger partial charge is 0.243 e. The molecule has 0 N–H and O–H groups in total. The zero-order chi connectivity index (χ0) is 14.0. The number of alkyl halides is 3. The van der Waals surface area contributed by atoms with Gasteiger partial charge in [0.15, 0.2) is 0 Å². The summed E-state index contributed by atoms with van der Waals surface area (Å²) in [4.78, 5) is 3.90. The van der Waals surface area contributed by atoms with Crippen LogP contribution in [0.1, 0.15) is 18.9 Å². The minimum absolute atomic E-state index is 0.110. The number of halogens is 4. The molecule has 8 heteroatoms. The number of rotatable bonds is 3. The standard InChI is InChI=1S/C11H10ClF3N4/c1-2-3-19-9(6-16-18-19)8-4-7(11(13,14)15)5-10(12)17-8/h4-6H,2-3H2,1H3. The van der Waals surface area contributed by atoms with E-state index in [4.69, 9.17) is 11.6 Å². The van der Waals surface area contributed by atoms with Crippen LogP contribution in [0.2, 0.25) is 5.15 Å². The molecule has 0 spiro atoms. The SMILES string of the molecule is CCCn1nncc1-c1cc(C(F)(F)F)cc(Cl)n1. The summed E-state index contributed by atoms with van der Waals surface area (Å²) in [6.07, 6.45) is -2.32. The maximum atomic E-state index is 12.7. The van der Waals surface area contributed by atoms with Crippen LogP contribution in [-0.2, 0) is 12.7 Å². The molecule has 0 atom stereocenters. The van der Waals surface area contributed by atoms with Crippen molar-refractivity contribution in [2.45, 2.75) is 26.1 Å². The summed E-state index contributed by atoms with van der Waals surface area (Å²) >= 11 is 5.64. The molecule has 4 nitrogen and oxygen atoms in total. The van der Waals surface area contributed by atoms with E-state index in [1.165, 1.54) is 10.9 Å². The van der Waals surface area contributed by atoms with E-state index in [0.29, 0.717) is 12.2 Å². The van der Waals surface area contributed by atoms with E-state index in [-0.39, 0.29) is 10.8 Å². The van der Waals surface area contributed by atoms with Crippen molar-refractivity contribution in [3.63, 3.8) is 0 Å². The maximum Gasteiger partial charge on any atom is 0.416 e. The predicted molar refractivity (Wildman–Crippen MR) is 63.6 cm³/mol. The van der Waals surface area contributed by atoms with Gasteiger partial charge in [-0.05, 0) is 18.6 Å². The molecule has 2 aromatic rings. The van der Waals surface area contributed by atoms with Gasteiger partial charge < -0.3 is 0 Å². The third kappa shape index (κ3) is 3.04. The third-order valence-electron chi connectivity index (χ3n) is 2.44. The Bertz CT molecular complexity index is 580. The van der Waals surface area contributed by atoms with Gasteiger partial charge in [0, 0.05) is 6.54 Å². The fraction of sp³-hybridized carbons (Fsp3) is 0.364. The van der Waals surface area contributed by atoms with Gasteiger partial charge in [0.1, 0.15) is 10.8 Å². The van der Waals surface area contributed by atoms with Gasteiger partial charge in [0.25, 0.3) is 0 Å². The average molecular weight is 291 g/mol. The molecule has 0 aliphatic heterocycles. The van der Waals surface area contributed by atoms with Gasteiger partial charge in [-0.1, -0.05) is 23.7 Å². The van der Waals surface area contributed by atoms with Gasteiger partial charge in [-0.25, -0.2) is 9.67 Å². The van der Waals surface area contributed by atoms with Crippen molar-refractivity contribution in [1.82, 2.24) is 20.0 Å². The summed E-state index contributed by atoms with van der Waals surface area (Å²) in [6.45, 7) is 2.48. The molecule has 2 rings (SSSR count). The van der Waals surface area contributed by atoms with E-state index in [0.717, 1.165) is 18.6 Å².